The van der Waals surface area contributed by atoms with Gasteiger partial charge in [-0.1, -0.05) is 24.3 Å². The lowest BCUT2D eigenvalue weighted by Crippen LogP contribution is -2.27. The van der Waals surface area contributed by atoms with Gasteiger partial charge in [-0.05, 0) is 11.6 Å². The minimum absolute atomic E-state index is 0.0325. The fraction of sp³-hybridized carbons (Fsp3) is 0.250. The molecule has 0 saturated carbocycles. The predicted octanol–water partition coefficient (Wildman–Crippen LogP) is 2.34. The van der Waals surface area contributed by atoms with Gasteiger partial charge in [-0.2, -0.15) is 0 Å². The molecule has 0 radical (unpaired) electrons. The highest BCUT2D eigenvalue weighted by Gasteiger charge is 2.24. The zero-order valence-electron chi connectivity index (χ0n) is 7.90. The molecule has 14 heavy (non-hydrogen) atoms. The van der Waals surface area contributed by atoms with Crippen LogP contribution in [0.5, 0.6) is 0 Å². The summed E-state index contributed by atoms with van der Waals surface area (Å²) in [5.74, 6) is -0.210. The SMILES string of the molecule is C=CCC1Cc2ccccc2C(=O)O1. The zero-order chi connectivity index (χ0) is 9.97. The van der Waals surface area contributed by atoms with Crippen molar-refractivity contribution >= 4 is 5.97 Å². The highest BCUT2D eigenvalue weighted by Crippen LogP contribution is 2.21. The maximum atomic E-state index is 11.5. The van der Waals surface area contributed by atoms with Gasteiger partial charge in [0.15, 0.2) is 0 Å². The number of hydrogen-bond donors (Lipinski definition) is 0. The van der Waals surface area contributed by atoms with Crippen LogP contribution in [0.2, 0.25) is 0 Å². The molecule has 1 unspecified atom stereocenters. The second-order valence-electron chi connectivity index (χ2n) is 3.41. The topological polar surface area (TPSA) is 26.3 Å². The Morgan fingerprint density at radius 2 is 2.29 bits per heavy atom. The van der Waals surface area contributed by atoms with Crippen molar-refractivity contribution in [3.05, 3.63) is 48.0 Å². The maximum Gasteiger partial charge on any atom is 0.338 e. The molecule has 0 N–H and O–H groups in total. The Balaban J connectivity index is 2.28. The number of cyclic esters (lactones) is 1. The summed E-state index contributed by atoms with van der Waals surface area (Å²) in [7, 11) is 0. The maximum absolute atomic E-state index is 11.5. The molecule has 2 heteroatoms. The summed E-state index contributed by atoms with van der Waals surface area (Å²) in [4.78, 5) is 11.5. The summed E-state index contributed by atoms with van der Waals surface area (Å²) >= 11 is 0. The van der Waals surface area contributed by atoms with Crippen molar-refractivity contribution < 1.29 is 9.53 Å². The van der Waals surface area contributed by atoms with Gasteiger partial charge in [0.1, 0.15) is 6.10 Å². The number of rotatable bonds is 2. The number of hydrogen-bond acceptors (Lipinski definition) is 2. The zero-order valence-corrected chi connectivity index (χ0v) is 7.90. The molecule has 1 aromatic rings. The van der Waals surface area contributed by atoms with E-state index in [1.54, 1.807) is 6.08 Å². The largest absolute Gasteiger partial charge is 0.458 e. The van der Waals surface area contributed by atoms with Gasteiger partial charge in [0.05, 0.1) is 5.56 Å². The summed E-state index contributed by atoms with van der Waals surface area (Å²) in [6, 6.07) is 7.59. The van der Waals surface area contributed by atoms with Crippen molar-refractivity contribution in [2.24, 2.45) is 0 Å². The fourth-order valence-electron chi connectivity index (χ4n) is 1.72. The standard InChI is InChI=1S/C12H12O2/c1-2-5-10-8-9-6-3-4-7-11(9)12(13)14-10/h2-4,6-7,10H,1,5,8H2. The van der Waals surface area contributed by atoms with Gasteiger partial charge in [0.2, 0.25) is 0 Å². The third-order valence-corrected chi connectivity index (χ3v) is 2.39. The average molecular weight is 188 g/mol. The Morgan fingerprint density at radius 1 is 1.50 bits per heavy atom. The molecule has 2 nitrogen and oxygen atoms in total. The van der Waals surface area contributed by atoms with Crippen LogP contribution in [-0.2, 0) is 11.2 Å². The Hall–Kier alpha value is -1.57. The van der Waals surface area contributed by atoms with Crippen LogP contribution >= 0.6 is 0 Å². The molecule has 1 atom stereocenters. The molecule has 0 aromatic heterocycles. The minimum atomic E-state index is -0.210. The summed E-state index contributed by atoms with van der Waals surface area (Å²) < 4.78 is 5.24. The van der Waals surface area contributed by atoms with Gasteiger partial charge >= 0.3 is 5.97 Å². The predicted molar refractivity (Wildman–Crippen MR) is 54.2 cm³/mol. The van der Waals surface area contributed by atoms with Crippen LogP contribution < -0.4 is 0 Å². The molecule has 0 bridgehead atoms. The van der Waals surface area contributed by atoms with Crippen LogP contribution in [0.1, 0.15) is 22.3 Å². The van der Waals surface area contributed by atoms with Crippen LogP contribution in [0, 0.1) is 0 Å². The number of benzene rings is 1. The van der Waals surface area contributed by atoms with Crippen LogP contribution in [0.15, 0.2) is 36.9 Å². The third-order valence-electron chi connectivity index (χ3n) is 2.39. The molecule has 1 aliphatic heterocycles. The highest BCUT2D eigenvalue weighted by atomic mass is 16.5. The van der Waals surface area contributed by atoms with Gasteiger partial charge in [0, 0.05) is 12.8 Å². The first-order valence-corrected chi connectivity index (χ1v) is 4.71. The van der Waals surface area contributed by atoms with E-state index in [4.69, 9.17) is 4.74 Å². The molecule has 1 heterocycles. The van der Waals surface area contributed by atoms with E-state index in [2.05, 4.69) is 6.58 Å². The minimum Gasteiger partial charge on any atom is -0.458 e. The molecular weight excluding hydrogens is 176 g/mol. The number of carbonyl (C=O) groups is 1. The lowest BCUT2D eigenvalue weighted by atomic mass is 9.97. The summed E-state index contributed by atoms with van der Waals surface area (Å²) in [5, 5.41) is 0. The first-order chi connectivity index (χ1) is 6.81. The molecular formula is C12H12O2. The smallest absolute Gasteiger partial charge is 0.338 e. The highest BCUT2D eigenvalue weighted by molar-refractivity contribution is 5.92. The lowest BCUT2D eigenvalue weighted by molar-refractivity contribution is 0.0266. The van der Waals surface area contributed by atoms with Crippen molar-refractivity contribution in [1.82, 2.24) is 0 Å². The monoisotopic (exact) mass is 188 g/mol. The van der Waals surface area contributed by atoms with E-state index in [9.17, 15) is 4.79 Å². The third kappa shape index (κ3) is 1.55. The molecule has 1 aromatic carbocycles. The van der Waals surface area contributed by atoms with Crippen molar-refractivity contribution in [1.29, 1.82) is 0 Å². The molecule has 2 rings (SSSR count). The summed E-state index contributed by atoms with van der Waals surface area (Å²) in [6.45, 7) is 3.64. The molecule has 0 saturated heterocycles. The van der Waals surface area contributed by atoms with Crippen molar-refractivity contribution in [3.63, 3.8) is 0 Å². The molecule has 0 aliphatic carbocycles. The average Bonchev–Trinajstić information content (AvgIpc) is 2.18. The quantitative estimate of drug-likeness (QED) is 0.526. The van der Waals surface area contributed by atoms with E-state index in [1.807, 2.05) is 24.3 Å². The van der Waals surface area contributed by atoms with E-state index in [0.717, 1.165) is 18.4 Å². The first kappa shape index (κ1) is 9.00. The van der Waals surface area contributed by atoms with Gasteiger partial charge in [0.25, 0.3) is 0 Å². The first-order valence-electron chi connectivity index (χ1n) is 4.71. The van der Waals surface area contributed by atoms with E-state index in [-0.39, 0.29) is 12.1 Å². The van der Waals surface area contributed by atoms with E-state index in [0.29, 0.717) is 5.56 Å². The van der Waals surface area contributed by atoms with E-state index >= 15 is 0 Å². The lowest BCUT2D eigenvalue weighted by Gasteiger charge is -2.23. The van der Waals surface area contributed by atoms with Crippen molar-refractivity contribution in [3.8, 4) is 0 Å². The van der Waals surface area contributed by atoms with Crippen LogP contribution in [0.25, 0.3) is 0 Å². The van der Waals surface area contributed by atoms with E-state index in [1.165, 1.54) is 0 Å². The van der Waals surface area contributed by atoms with Gasteiger partial charge in [-0.3, -0.25) is 0 Å². The Labute approximate surface area is 83.2 Å². The normalized spacial score (nSPS) is 19.7. The van der Waals surface area contributed by atoms with Gasteiger partial charge in [-0.15, -0.1) is 6.58 Å². The summed E-state index contributed by atoms with van der Waals surface area (Å²) in [6.07, 6.45) is 3.27. The fourth-order valence-corrected chi connectivity index (χ4v) is 1.72. The summed E-state index contributed by atoms with van der Waals surface area (Å²) in [5.41, 5.74) is 1.78. The Bertz CT molecular complexity index is 368. The Morgan fingerprint density at radius 3 is 3.07 bits per heavy atom. The van der Waals surface area contributed by atoms with Crippen molar-refractivity contribution in [2.75, 3.05) is 0 Å². The van der Waals surface area contributed by atoms with Gasteiger partial charge < -0.3 is 4.74 Å². The number of esters is 1. The molecule has 1 aliphatic rings. The van der Waals surface area contributed by atoms with Crippen molar-refractivity contribution in [2.45, 2.75) is 18.9 Å². The number of ether oxygens (including phenoxy) is 1. The molecule has 0 fully saturated rings. The molecule has 72 valence electrons. The van der Waals surface area contributed by atoms with Gasteiger partial charge in [-0.25, -0.2) is 4.79 Å². The van der Waals surface area contributed by atoms with Crippen LogP contribution in [0.3, 0.4) is 0 Å². The van der Waals surface area contributed by atoms with Crippen LogP contribution in [0.4, 0.5) is 0 Å². The number of carbonyl (C=O) groups excluding carboxylic acids is 1. The van der Waals surface area contributed by atoms with E-state index < -0.39 is 0 Å². The number of fused-ring (bicyclic) bond motifs is 1. The Kier molecular flexibility index (Phi) is 2.35. The van der Waals surface area contributed by atoms with Crippen LogP contribution in [-0.4, -0.2) is 12.1 Å². The molecule has 0 spiro atoms. The second-order valence-corrected chi connectivity index (χ2v) is 3.41. The molecule has 0 amide bonds. The second kappa shape index (κ2) is 3.66.